The van der Waals surface area contributed by atoms with Gasteiger partial charge in [0.25, 0.3) is 0 Å². The Labute approximate surface area is 174 Å². The fourth-order valence-electron chi connectivity index (χ4n) is 3.68. The molecular formula is C21H33N5O2S. The zero-order valence-corrected chi connectivity index (χ0v) is 18.7. The van der Waals surface area contributed by atoms with Crippen LogP contribution in [0.5, 0.6) is 0 Å². The summed E-state index contributed by atoms with van der Waals surface area (Å²) in [6.45, 7) is 12.1. The van der Waals surface area contributed by atoms with Crippen molar-refractivity contribution in [3.63, 3.8) is 0 Å². The molecule has 0 bridgehead atoms. The second kappa shape index (κ2) is 9.82. The van der Waals surface area contributed by atoms with Gasteiger partial charge in [0.2, 0.25) is 15.0 Å². The van der Waals surface area contributed by atoms with Crippen molar-refractivity contribution < 1.29 is 8.42 Å². The van der Waals surface area contributed by atoms with Crippen molar-refractivity contribution >= 4 is 9.84 Å². The van der Waals surface area contributed by atoms with Crippen LogP contribution in [0.15, 0.2) is 29.7 Å². The van der Waals surface area contributed by atoms with E-state index in [2.05, 4.69) is 39.7 Å². The van der Waals surface area contributed by atoms with Crippen LogP contribution in [0.3, 0.4) is 0 Å². The van der Waals surface area contributed by atoms with Crippen molar-refractivity contribution in [1.29, 1.82) is 0 Å². The SMILES string of the molecule is CCCCn1c(CN2CCN(Cc3ncccc3C)CC2)cnc1S(=O)(=O)CC. The number of hydrogen-bond acceptors (Lipinski definition) is 6. The zero-order chi connectivity index (χ0) is 20.9. The van der Waals surface area contributed by atoms with Crippen LogP contribution in [0, 0.1) is 6.92 Å². The molecule has 0 amide bonds. The van der Waals surface area contributed by atoms with Crippen LogP contribution >= 0.6 is 0 Å². The van der Waals surface area contributed by atoms with E-state index in [1.165, 1.54) is 5.56 Å². The molecule has 1 aliphatic heterocycles. The Morgan fingerprint density at radius 3 is 2.34 bits per heavy atom. The molecule has 3 heterocycles. The lowest BCUT2D eigenvalue weighted by Gasteiger charge is -2.34. The Hall–Kier alpha value is -1.77. The number of pyridine rings is 1. The number of piperazine rings is 1. The van der Waals surface area contributed by atoms with Gasteiger partial charge in [-0.15, -0.1) is 0 Å². The van der Waals surface area contributed by atoms with Crippen LogP contribution in [0.2, 0.25) is 0 Å². The predicted molar refractivity (Wildman–Crippen MR) is 114 cm³/mol. The predicted octanol–water partition coefficient (Wildman–Crippen LogP) is 2.50. The molecule has 7 nitrogen and oxygen atoms in total. The Kier molecular flexibility index (Phi) is 7.43. The summed E-state index contributed by atoms with van der Waals surface area (Å²) in [5.41, 5.74) is 3.38. The Balaban J connectivity index is 1.63. The first kappa shape index (κ1) is 21.9. The third-order valence-corrected chi connectivity index (χ3v) is 7.28. The average Bonchev–Trinajstić information content (AvgIpc) is 3.12. The highest BCUT2D eigenvalue weighted by atomic mass is 32.2. The molecule has 0 spiro atoms. The fourth-order valence-corrected chi connectivity index (χ4v) is 4.70. The summed E-state index contributed by atoms with van der Waals surface area (Å²) in [5, 5.41) is 0.229. The Morgan fingerprint density at radius 1 is 1.03 bits per heavy atom. The molecule has 29 heavy (non-hydrogen) atoms. The van der Waals surface area contributed by atoms with E-state index in [1.807, 2.05) is 16.8 Å². The summed E-state index contributed by atoms with van der Waals surface area (Å²) < 4.78 is 26.8. The summed E-state index contributed by atoms with van der Waals surface area (Å²) in [6, 6.07) is 4.09. The van der Waals surface area contributed by atoms with Crippen molar-refractivity contribution in [1.82, 2.24) is 24.3 Å². The van der Waals surface area contributed by atoms with Gasteiger partial charge in [-0.3, -0.25) is 14.8 Å². The molecular weight excluding hydrogens is 386 g/mol. The van der Waals surface area contributed by atoms with Crippen LogP contribution in [-0.2, 0) is 29.5 Å². The fraction of sp³-hybridized carbons (Fsp3) is 0.619. The Morgan fingerprint density at radius 2 is 1.72 bits per heavy atom. The summed E-state index contributed by atoms with van der Waals surface area (Å²) in [4.78, 5) is 13.6. The molecule has 1 aliphatic rings. The quantitative estimate of drug-likeness (QED) is 0.622. The monoisotopic (exact) mass is 419 g/mol. The minimum Gasteiger partial charge on any atom is -0.318 e. The van der Waals surface area contributed by atoms with Gasteiger partial charge in [-0.1, -0.05) is 26.3 Å². The molecule has 0 N–H and O–H groups in total. The summed E-state index contributed by atoms with van der Waals surface area (Å²) in [5.74, 6) is 0.0845. The number of unbranched alkanes of at least 4 members (excludes halogenated alkanes) is 1. The molecule has 8 heteroatoms. The maximum atomic E-state index is 12.4. The third-order valence-electron chi connectivity index (χ3n) is 5.64. The van der Waals surface area contributed by atoms with Gasteiger partial charge >= 0.3 is 0 Å². The van der Waals surface area contributed by atoms with Crippen LogP contribution in [0.1, 0.15) is 43.6 Å². The van der Waals surface area contributed by atoms with Gasteiger partial charge in [0.1, 0.15) is 0 Å². The summed E-state index contributed by atoms with van der Waals surface area (Å²) in [6.07, 6.45) is 5.58. The average molecular weight is 420 g/mol. The number of aryl methyl sites for hydroxylation is 1. The molecule has 0 atom stereocenters. The molecule has 3 rings (SSSR count). The molecule has 0 aromatic carbocycles. The minimum absolute atomic E-state index is 0.0845. The smallest absolute Gasteiger partial charge is 0.227 e. The second-order valence-electron chi connectivity index (χ2n) is 7.76. The molecule has 0 radical (unpaired) electrons. The standard InChI is InChI=1S/C21H33N5O2S/c1-4-6-10-26-19(15-23-21(26)29(27,28)5-2)16-24-11-13-25(14-12-24)17-20-18(3)8-7-9-22-20/h7-9,15H,4-6,10-14,16-17H2,1-3H3. The molecule has 0 saturated carbocycles. The van der Waals surface area contributed by atoms with Crippen LogP contribution in [0.25, 0.3) is 0 Å². The van der Waals surface area contributed by atoms with E-state index in [-0.39, 0.29) is 10.9 Å². The van der Waals surface area contributed by atoms with Crippen LogP contribution < -0.4 is 0 Å². The van der Waals surface area contributed by atoms with E-state index < -0.39 is 9.84 Å². The van der Waals surface area contributed by atoms with Gasteiger partial charge in [0, 0.05) is 52.0 Å². The van der Waals surface area contributed by atoms with Gasteiger partial charge in [-0.25, -0.2) is 13.4 Å². The topological polar surface area (TPSA) is 71.3 Å². The molecule has 0 aliphatic carbocycles. The minimum atomic E-state index is -3.31. The lowest BCUT2D eigenvalue weighted by molar-refractivity contribution is 0.118. The number of sulfone groups is 1. The van der Waals surface area contributed by atoms with Gasteiger partial charge in [-0.05, 0) is 25.0 Å². The highest BCUT2D eigenvalue weighted by Gasteiger charge is 2.24. The third kappa shape index (κ3) is 5.43. The van der Waals surface area contributed by atoms with E-state index in [0.29, 0.717) is 6.54 Å². The van der Waals surface area contributed by atoms with E-state index in [0.717, 1.165) is 63.5 Å². The maximum absolute atomic E-state index is 12.4. The van der Waals surface area contributed by atoms with Gasteiger partial charge in [-0.2, -0.15) is 0 Å². The van der Waals surface area contributed by atoms with Crippen LogP contribution in [-0.4, -0.2) is 64.7 Å². The first-order valence-corrected chi connectivity index (χ1v) is 12.2. The number of hydrogen-bond donors (Lipinski definition) is 0. The van der Waals surface area contributed by atoms with Gasteiger partial charge < -0.3 is 4.57 Å². The zero-order valence-electron chi connectivity index (χ0n) is 17.8. The number of aromatic nitrogens is 3. The largest absolute Gasteiger partial charge is 0.318 e. The summed E-state index contributed by atoms with van der Waals surface area (Å²) in [7, 11) is -3.31. The van der Waals surface area contributed by atoms with Gasteiger partial charge in [0.05, 0.1) is 23.3 Å². The van der Waals surface area contributed by atoms with Crippen molar-refractivity contribution in [3.8, 4) is 0 Å². The van der Waals surface area contributed by atoms with E-state index >= 15 is 0 Å². The summed E-state index contributed by atoms with van der Waals surface area (Å²) >= 11 is 0. The molecule has 1 saturated heterocycles. The van der Waals surface area contributed by atoms with Crippen molar-refractivity contribution in [3.05, 3.63) is 41.5 Å². The number of imidazole rings is 1. The lowest BCUT2D eigenvalue weighted by Crippen LogP contribution is -2.45. The van der Waals surface area contributed by atoms with Crippen molar-refractivity contribution in [2.45, 2.75) is 58.4 Å². The first-order chi connectivity index (χ1) is 13.9. The Bertz CT molecular complexity index is 902. The highest BCUT2D eigenvalue weighted by molar-refractivity contribution is 7.91. The molecule has 1 fully saturated rings. The molecule has 0 unspecified atom stereocenters. The van der Waals surface area contributed by atoms with E-state index in [9.17, 15) is 8.42 Å². The van der Waals surface area contributed by atoms with Gasteiger partial charge in [0.15, 0.2) is 0 Å². The molecule has 2 aromatic heterocycles. The van der Waals surface area contributed by atoms with Crippen LogP contribution in [0.4, 0.5) is 0 Å². The number of rotatable bonds is 9. The maximum Gasteiger partial charge on any atom is 0.227 e. The second-order valence-corrected chi connectivity index (χ2v) is 9.93. The van der Waals surface area contributed by atoms with E-state index in [1.54, 1.807) is 13.1 Å². The highest BCUT2D eigenvalue weighted by Crippen LogP contribution is 2.18. The molecule has 160 valence electrons. The lowest BCUT2D eigenvalue weighted by atomic mass is 10.2. The van der Waals surface area contributed by atoms with Crippen molar-refractivity contribution in [2.24, 2.45) is 0 Å². The number of nitrogens with zero attached hydrogens (tertiary/aromatic N) is 5. The normalized spacial score (nSPS) is 16.4. The van der Waals surface area contributed by atoms with Crippen molar-refractivity contribution in [2.75, 3.05) is 31.9 Å². The first-order valence-electron chi connectivity index (χ1n) is 10.6. The molecule has 2 aromatic rings. The van der Waals surface area contributed by atoms with E-state index in [4.69, 9.17) is 0 Å².